The predicted molar refractivity (Wildman–Crippen MR) is 79.4 cm³/mol. The average Bonchev–Trinajstić information content (AvgIpc) is 2.45. The predicted octanol–water partition coefficient (Wildman–Crippen LogP) is -0.488. The van der Waals surface area contributed by atoms with Crippen LogP contribution in [-0.2, 0) is 9.59 Å². The van der Waals surface area contributed by atoms with Crippen LogP contribution in [0.4, 0.5) is 0 Å². The van der Waals surface area contributed by atoms with Crippen molar-refractivity contribution in [2.24, 2.45) is 5.92 Å². The van der Waals surface area contributed by atoms with E-state index >= 15 is 0 Å². The highest BCUT2D eigenvalue weighted by atomic mass is 16.2. The first-order valence-electron chi connectivity index (χ1n) is 7.51. The van der Waals surface area contributed by atoms with Crippen molar-refractivity contribution in [2.45, 2.75) is 20.3 Å². The summed E-state index contributed by atoms with van der Waals surface area (Å²) in [5, 5.41) is 5.91. The number of carbonyl (C=O) groups is 2. The molecule has 1 unspecified atom stereocenters. The molecule has 2 amide bonds. The first-order chi connectivity index (χ1) is 9.58. The SMILES string of the molecule is CCCNC(=O)CN1CCN(C(=O)C(C)CNC)CC1. The third-order valence-corrected chi connectivity index (χ3v) is 3.56. The Morgan fingerprint density at radius 2 is 1.85 bits per heavy atom. The topological polar surface area (TPSA) is 64.7 Å². The van der Waals surface area contributed by atoms with Crippen LogP contribution in [0.1, 0.15) is 20.3 Å². The molecule has 0 aromatic rings. The summed E-state index contributed by atoms with van der Waals surface area (Å²) in [6, 6.07) is 0. The van der Waals surface area contributed by atoms with Crippen LogP contribution < -0.4 is 10.6 Å². The van der Waals surface area contributed by atoms with E-state index in [9.17, 15) is 9.59 Å². The zero-order valence-corrected chi connectivity index (χ0v) is 12.9. The summed E-state index contributed by atoms with van der Waals surface area (Å²) in [7, 11) is 1.86. The lowest BCUT2D eigenvalue weighted by Crippen LogP contribution is -2.52. The number of piperazine rings is 1. The average molecular weight is 284 g/mol. The number of hydrogen-bond donors (Lipinski definition) is 2. The number of rotatable bonds is 7. The van der Waals surface area contributed by atoms with E-state index < -0.39 is 0 Å². The molecule has 1 rings (SSSR count). The number of nitrogens with zero attached hydrogens (tertiary/aromatic N) is 2. The Labute approximate surface area is 121 Å². The lowest BCUT2D eigenvalue weighted by atomic mass is 10.1. The Balaban J connectivity index is 2.29. The fourth-order valence-electron chi connectivity index (χ4n) is 2.35. The second-order valence-corrected chi connectivity index (χ2v) is 5.41. The fourth-order valence-corrected chi connectivity index (χ4v) is 2.35. The van der Waals surface area contributed by atoms with E-state index in [0.29, 0.717) is 26.2 Å². The van der Waals surface area contributed by atoms with Gasteiger partial charge in [-0.3, -0.25) is 14.5 Å². The number of amides is 2. The van der Waals surface area contributed by atoms with E-state index in [1.54, 1.807) is 0 Å². The standard InChI is InChI=1S/C14H28N4O2/c1-4-5-16-13(19)11-17-6-8-18(9-7-17)14(20)12(2)10-15-3/h12,15H,4-11H2,1-3H3,(H,16,19). The highest BCUT2D eigenvalue weighted by Gasteiger charge is 2.25. The van der Waals surface area contributed by atoms with Crippen molar-refractivity contribution in [1.82, 2.24) is 20.4 Å². The first-order valence-corrected chi connectivity index (χ1v) is 7.51. The van der Waals surface area contributed by atoms with E-state index in [0.717, 1.165) is 26.1 Å². The first kappa shape index (κ1) is 16.9. The summed E-state index contributed by atoms with van der Waals surface area (Å²) in [4.78, 5) is 27.8. The summed E-state index contributed by atoms with van der Waals surface area (Å²) >= 11 is 0. The van der Waals surface area contributed by atoms with Crippen molar-refractivity contribution in [3.8, 4) is 0 Å². The van der Waals surface area contributed by atoms with Gasteiger partial charge in [0.05, 0.1) is 6.54 Å². The van der Waals surface area contributed by atoms with Gasteiger partial charge >= 0.3 is 0 Å². The Kier molecular flexibility index (Phi) is 7.54. The van der Waals surface area contributed by atoms with Gasteiger partial charge < -0.3 is 15.5 Å². The van der Waals surface area contributed by atoms with E-state index in [-0.39, 0.29) is 17.7 Å². The minimum absolute atomic E-state index is 0.0133. The minimum Gasteiger partial charge on any atom is -0.355 e. The molecule has 1 aliphatic rings. The van der Waals surface area contributed by atoms with Gasteiger partial charge in [-0.1, -0.05) is 13.8 Å². The second-order valence-electron chi connectivity index (χ2n) is 5.41. The maximum atomic E-state index is 12.1. The van der Waals surface area contributed by atoms with Crippen LogP contribution in [0.5, 0.6) is 0 Å². The fraction of sp³-hybridized carbons (Fsp3) is 0.857. The van der Waals surface area contributed by atoms with Gasteiger partial charge in [-0.15, -0.1) is 0 Å². The summed E-state index contributed by atoms with van der Waals surface area (Å²) < 4.78 is 0. The summed E-state index contributed by atoms with van der Waals surface area (Å²) in [6.07, 6.45) is 0.956. The molecule has 0 bridgehead atoms. The molecule has 0 aliphatic carbocycles. The molecule has 1 fully saturated rings. The molecule has 0 saturated carbocycles. The molecule has 0 aromatic carbocycles. The summed E-state index contributed by atoms with van der Waals surface area (Å²) in [5.41, 5.74) is 0. The van der Waals surface area contributed by atoms with Crippen molar-refractivity contribution < 1.29 is 9.59 Å². The van der Waals surface area contributed by atoms with Gasteiger partial charge in [0.15, 0.2) is 0 Å². The van der Waals surface area contributed by atoms with Gasteiger partial charge in [-0.2, -0.15) is 0 Å². The molecule has 1 atom stereocenters. The highest BCUT2D eigenvalue weighted by Crippen LogP contribution is 2.07. The van der Waals surface area contributed by atoms with Crippen molar-refractivity contribution in [1.29, 1.82) is 0 Å². The van der Waals surface area contributed by atoms with Crippen molar-refractivity contribution >= 4 is 11.8 Å². The van der Waals surface area contributed by atoms with Gasteiger partial charge in [-0.25, -0.2) is 0 Å². The van der Waals surface area contributed by atoms with Crippen LogP contribution >= 0.6 is 0 Å². The Morgan fingerprint density at radius 1 is 1.20 bits per heavy atom. The minimum atomic E-state index is 0.0133. The maximum absolute atomic E-state index is 12.1. The van der Waals surface area contributed by atoms with Gasteiger partial charge in [0.25, 0.3) is 0 Å². The number of nitrogens with one attached hydrogen (secondary N) is 2. The van der Waals surface area contributed by atoms with E-state index in [1.165, 1.54) is 0 Å². The molecule has 2 N–H and O–H groups in total. The molecule has 20 heavy (non-hydrogen) atoms. The van der Waals surface area contributed by atoms with Crippen molar-refractivity contribution in [2.75, 3.05) is 52.9 Å². The summed E-state index contributed by atoms with van der Waals surface area (Å²) in [6.45, 7) is 8.85. The number of carbonyl (C=O) groups excluding carboxylic acids is 2. The maximum Gasteiger partial charge on any atom is 0.234 e. The molecule has 0 spiro atoms. The van der Waals surface area contributed by atoms with Gasteiger partial charge in [-0.05, 0) is 13.5 Å². The van der Waals surface area contributed by atoms with Crippen LogP contribution in [0.2, 0.25) is 0 Å². The third kappa shape index (κ3) is 5.46. The Hall–Kier alpha value is -1.14. The van der Waals surface area contributed by atoms with Crippen LogP contribution in [0.3, 0.4) is 0 Å². The van der Waals surface area contributed by atoms with Crippen LogP contribution in [0, 0.1) is 5.92 Å². The molecule has 1 heterocycles. The van der Waals surface area contributed by atoms with Crippen molar-refractivity contribution in [3.63, 3.8) is 0 Å². The van der Waals surface area contributed by atoms with Gasteiger partial charge in [0, 0.05) is 45.2 Å². The normalized spacial score (nSPS) is 17.9. The largest absolute Gasteiger partial charge is 0.355 e. The van der Waals surface area contributed by atoms with Crippen LogP contribution in [0.25, 0.3) is 0 Å². The molecule has 1 aliphatic heterocycles. The van der Waals surface area contributed by atoms with Crippen LogP contribution in [-0.4, -0.2) is 74.5 Å². The molecular weight excluding hydrogens is 256 g/mol. The van der Waals surface area contributed by atoms with E-state index in [2.05, 4.69) is 15.5 Å². The van der Waals surface area contributed by atoms with E-state index in [1.807, 2.05) is 25.8 Å². The lowest BCUT2D eigenvalue weighted by molar-refractivity contribution is -0.136. The molecule has 0 aromatic heterocycles. The quantitative estimate of drug-likeness (QED) is 0.662. The van der Waals surface area contributed by atoms with E-state index in [4.69, 9.17) is 0 Å². The monoisotopic (exact) mass is 284 g/mol. The lowest BCUT2D eigenvalue weighted by Gasteiger charge is -2.35. The van der Waals surface area contributed by atoms with Crippen LogP contribution in [0.15, 0.2) is 0 Å². The molecule has 6 heteroatoms. The third-order valence-electron chi connectivity index (χ3n) is 3.56. The second kappa shape index (κ2) is 8.92. The Bertz CT molecular complexity index is 314. The van der Waals surface area contributed by atoms with Crippen molar-refractivity contribution in [3.05, 3.63) is 0 Å². The Morgan fingerprint density at radius 3 is 2.40 bits per heavy atom. The highest BCUT2D eigenvalue weighted by molar-refractivity contribution is 5.79. The molecule has 116 valence electrons. The van der Waals surface area contributed by atoms with Gasteiger partial charge in [0.2, 0.25) is 11.8 Å². The number of hydrogen-bond acceptors (Lipinski definition) is 4. The smallest absolute Gasteiger partial charge is 0.234 e. The van der Waals surface area contributed by atoms with Gasteiger partial charge in [0.1, 0.15) is 0 Å². The zero-order valence-electron chi connectivity index (χ0n) is 12.9. The molecule has 6 nitrogen and oxygen atoms in total. The molecular formula is C14H28N4O2. The summed E-state index contributed by atoms with van der Waals surface area (Å²) in [5.74, 6) is 0.295. The molecule has 0 radical (unpaired) electrons. The zero-order chi connectivity index (χ0) is 15.0. The molecule has 1 saturated heterocycles.